The van der Waals surface area contributed by atoms with Gasteiger partial charge in [-0.05, 0) is 39.7 Å². The van der Waals surface area contributed by atoms with Crippen molar-refractivity contribution >= 4 is 5.91 Å². The van der Waals surface area contributed by atoms with Crippen molar-refractivity contribution in [1.82, 2.24) is 30.0 Å². The highest BCUT2D eigenvalue weighted by molar-refractivity contribution is 5.76. The van der Waals surface area contributed by atoms with E-state index >= 15 is 0 Å². The van der Waals surface area contributed by atoms with Gasteiger partial charge in [-0.1, -0.05) is 0 Å². The van der Waals surface area contributed by atoms with E-state index in [1.165, 1.54) is 11.3 Å². The molecule has 0 radical (unpaired) electrons. The zero-order valence-corrected chi connectivity index (χ0v) is 17.1. The van der Waals surface area contributed by atoms with Gasteiger partial charge in [0.15, 0.2) is 0 Å². The molecule has 0 bridgehead atoms. The molecule has 1 unspecified atom stereocenters. The van der Waals surface area contributed by atoms with Gasteiger partial charge in [-0.3, -0.25) is 9.48 Å². The Labute approximate surface area is 166 Å². The third-order valence-electron chi connectivity index (χ3n) is 5.97. The Kier molecular flexibility index (Phi) is 5.44. The first-order valence-corrected chi connectivity index (χ1v) is 10.4. The van der Waals surface area contributed by atoms with E-state index in [-0.39, 0.29) is 11.9 Å². The van der Waals surface area contributed by atoms with Gasteiger partial charge < -0.3 is 10.2 Å². The number of piperidine rings is 1. The summed E-state index contributed by atoms with van der Waals surface area (Å²) < 4.78 is 1.97. The molecule has 2 aliphatic rings. The van der Waals surface area contributed by atoms with Gasteiger partial charge in [0, 0.05) is 68.1 Å². The molecule has 2 aromatic heterocycles. The van der Waals surface area contributed by atoms with Crippen LogP contribution in [0.4, 0.5) is 0 Å². The number of hydrogen-bond acceptors (Lipinski definition) is 5. The molecule has 1 fully saturated rings. The molecule has 0 aliphatic carbocycles. The van der Waals surface area contributed by atoms with Crippen molar-refractivity contribution < 1.29 is 4.79 Å². The highest BCUT2D eigenvalue weighted by Gasteiger charge is 2.27. The van der Waals surface area contributed by atoms with E-state index in [0.717, 1.165) is 62.7 Å². The average Bonchev–Trinajstić information content (AvgIpc) is 3.06. The molecule has 1 saturated heterocycles. The monoisotopic (exact) mass is 382 g/mol. The third-order valence-corrected chi connectivity index (χ3v) is 5.97. The number of nitrogens with one attached hydrogen (secondary N) is 1. The number of likely N-dealkylation sites (tertiary alicyclic amines) is 1. The average molecular weight is 383 g/mol. The predicted octanol–water partition coefficient (Wildman–Crippen LogP) is 2.29. The summed E-state index contributed by atoms with van der Waals surface area (Å²) in [7, 11) is 0. The number of amides is 1. The van der Waals surface area contributed by atoms with Gasteiger partial charge in [0.2, 0.25) is 5.91 Å². The van der Waals surface area contributed by atoms with E-state index in [0.29, 0.717) is 12.3 Å². The molecule has 1 atom stereocenters. The second-order valence-electron chi connectivity index (χ2n) is 8.21. The lowest BCUT2D eigenvalue weighted by atomic mass is 9.95. The largest absolute Gasteiger partial charge is 0.343 e. The molecule has 4 rings (SSSR count). The number of aromatic nitrogens is 4. The van der Waals surface area contributed by atoms with Crippen LogP contribution in [0.25, 0.3) is 0 Å². The van der Waals surface area contributed by atoms with Gasteiger partial charge in [-0.25, -0.2) is 9.97 Å². The van der Waals surface area contributed by atoms with E-state index in [4.69, 9.17) is 4.98 Å². The summed E-state index contributed by atoms with van der Waals surface area (Å²) in [4.78, 5) is 24.2. The van der Waals surface area contributed by atoms with Crippen LogP contribution in [0.5, 0.6) is 0 Å². The Morgan fingerprint density at radius 1 is 1.32 bits per heavy atom. The SMILES string of the molecule is Cc1cc(C)n(C(C)CC(=O)N2CCC(c3ncc4c(n3)CCNC4)CC2)n1. The zero-order valence-electron chi connectivity index (χ0n) is 17.1. The first-order valence-electron chi connectivity index (χ1n) is 10.4. The molecule has 28 heavy (non-hydrogen) atoms. The number of hydrogen-bond donors (Lipinski definition) is 1. The molecule has 0 aromatic carbocycles. The van der Waals surface area contributed by atoms with Crippen LogP contribution in [0, 0.1) is 13.8 Å². The van der Waals surface area contributed by atoms with Crippen LogP contribution in [0.2, 0.25) is 0 Å². The Morgan fingerprint density at radius 2 is 2.11 bits per heavy atom. The summed E-state index contributed by atoms with van der Waals surface area (Å²) in [5.41, 5.74) is 4.52. The second-order valence-corrected chi connectivity index (χ2v) is 8.21. The van der Waals surface area contributed by atoms with Crippen LogP contribution >= 0.6 is 0 Å². The third kappa shape index (κ3) is 3.94. The molecule has 4 heterocycles. The summed E-state index contributed by atoms with van der Waals surface area (Å²) in [5, 5.41) is 7.88. The minimum Gasteiger partial charge on any atom is -0.343 e. The Balaban J connectivity index is 1.33. The second kappa shape index (κ2) is 7.99. The lowest BCUT2D eigenvalue weighted by molar-refractivity contribution is -0.133. The maximum atomic E-state index is 12.8. The lowest BCUT2D eigenvalue weighted by Crippen LogP contribution is -2.39. The van der Waals surface area contributed by atoms with Crippen molar-refractivity contribution in [3.05, 3.63) is 40.7 Å². The standard InChI is InChI=1S/C21H30N6O/c1-14-10-15(2)27(25-14)16(3)11-20(28)26-8-5-17(6-9-26)21-23-13-18-12-22-7-4-19(18)24-21/h10,13,16-17,22H,4-9,11-12H2,1-3H3. The molecule has 0 saturated carbocycles. The van der Waals surface area contributed by atoms with Gasteiger partial charge in [-0.2, -0.15) is 5.10 Å². The van der Waals surface area contributed by atoms with Gasteiger partial charge >= 0.3 is 0 Å². The molecule has 7 nitrogen and oxygen atoms in total. The molecular weight excluding hydrogens is 352 g/mol. The van der Waals surface area contributed by atoms with E-state index in [2.05, 4.69) is 28.4 Å². The van der Waals surface area contributed by atoms with Crippen LogP contribution in [-0.2, 0) is 17.8 Å². The minimum absolute atomic E-state index is 0.0801. The van der Waals surface area contributed by atoms with E-state index in [9.17, 15) is 4.79 Å². The summed E-state index contributed by atoms with van der Waals surface area (Å²) in [5.74, 6) is 1.54. The van der Waals surface area contributed by atoms with Crippen molar-refractivity contribution in [1.29, 1.82) is 0 Å². The first kappa shape index (κ1) is 19.1. The number of nitrogens with zero attached hydrogens (tertiary/aromatic N) is 5. The predicted molar refractivity (Wildman–Crippen MR) is 107 cm³/mol. The quantitative estimate of drug-likeness (QED) is 0.878. The van der Waals surface area contributed by atoms with Crippen LogP contribution in [0.3, 0.4) is 0 Å². The fraction of sp³-hybridized carbons (Fsp3) is 0.619. The molecule has 0 spiro atoms. The minimum atomic E-state index is 0.0801. The molecule has 1 N–H and O–H groups in total. The van der Waals surface area contributed by atoms with Crippen molar-refractivity contribution in [3.8, 4) is 0 Å². The number of fused-ring (bicyclic) bond motifs is 1. The topological polar surface area (TPSA) is 75.9 Å². The fourth-order valence-electron chi connectivity index (χ4n) is 4.40. The molecule has 150 valence electrons. The van der Waals surface area contributed by atoms with Gasteiger partial charge in [0.1, 0.15) is 5.82 Å². The van der Waals surface area contributed by atoms with Crippen molar-refractivity contribution in [3.63, 3.8) is 0 Å². The first-order chi connectivity index (χ1) is 13.5. The zero-order chi connectivity index (χ0) is 19.7. The van der Waals surface area contributed by atoms with Gasteiger partial charge in [0.25, 0.3) is 0 Å². The number of aryl methyl sites for hydroxylation is 2. The fourth-order valence-corrected chi connectivity index (χ4v) is 4.40. The molecule has 1 amide bonds. The van der Waals surface area contributed by atoms with E-state index in [1.807, 2.05) is 29.6 Å². The van der Waals surface area contributed by atoms with Crippen molar-refractivity contribution in [2.75, 3.05) is 19.6 Å². The number of carbonyl (C=O) groups is 1. The molecule has 7 heteroatoms. The number of rotatable bonds is 4. The van der Waals surface area contributed by atoms with Crippen molar-refractivity contribution in [2.45, 2.75) is 65.0 Å². The Morgan fingerprint density at radius 3 is 2.82 bits per heavy atom. The smallest absolute Gasteiger partial charge is 0.224 e. The Bertz CT molecular complexity index is 853. The highest BCUT2D eigenvalue weighted by atomic mass is 16.2. The summed E-state index contributed by atoms with van der Waals surface area (Å²) >= 11 is 0. The van der Waals surface area contributed by atoms with Gasteiger partial charge in [0.05, 0.1) is 11.7 Å². The summed E-state index contributed by atoms with van der Waals surface area (Å²) in [6, 6.07) is 2.14. The maximum absolute atomic E-state index is 12.8. The normalized spacial score (nSPS) is 18.8. The molecule has 2 aliphatic heterocycles. The Hall–Kier alpha value is -2.28. The van der Waals surface area contributed by atoms with Crippen LogP contribution in [0.1, 0.15) is 66.6 Å². The molecular formula is C21H30N6O. The summed E-state index contributed by atoms with van der Waals surface area (Å²) in [6.45, 7) is 9.54. The number of carbonyl (C=O) groups excluding carboxylic acids is 1. The van der Waals surface area contributed by atoms with E-state index in [1.54, 1.807) is 0 Å². The van der Waals surface area contributed by atoms with Crippen LogP contribution < -0.4 is 5.32 Å². The van der Waals surface area contributed by atoms with Crippen LogP contribution in [0.15, 0.2) is 12.3 Å². The highest BCUT2D eigenvalue weighted by Crippen LogP contribution is 2.27. The maximum Gasteiger partial charge on any atom is 0.224 e. The molecule has 2 aromatic rings. The van der Waals surface area contributed by atoms with Crippen LogP contribution in [-0.4, -0.2) is 50.2 Å². The summed E-state index contributed by atoms with van der Waals surface area (Å²) in [6.07, 6.45) is 5.34. The van der Waals surface area contributed by atoms with Gasteiger partial charge in [-0.15, -0.1) is 0 Å². The van der Waals surface area contributed by atoms with E-state index < -0.39 is 0 Å². The van der Waals surface area contributed by atoms with Crippen molar-refractivity contribution in [2.24, 2.45) is 0 Å². The lowest BCUT2D eigenvalue weighted by Gasteiger charge is -2.32.